The Bertz CT molecular complexity index is 635. The highest BCUT2D eigenvalue weighted by Gasteiger charge is 2.34. The quantitative estimate of drug-likeness (QED) is 0.748. The van der Waals surface area contributed by atoms with E-state index in [4.69, 9.17) is 15.3 Å². The minimum atomic E-state index is -1.37. The van der Waals surface area contributed by atoms with Crippen molar-refractivity contribution in [2.75, 3.05) is 6.54 Å². The Morgan fingerprint density at radius 1 is 0.909 bits per heavy atom. The summed E-state index contributed by atoms with van der Waals surface area (Å²) in [6.45, 7) is 0.232. The van der Waals surface area contributed by atoms with Gasteiger partial charge in [-0.1, -0.05) is 0 Å². The summed E-state index contributed by atoms with van der Waals surface area (Å²) in [6.07, 6.45) is 0.832. The van der Waals surface area contributed by atoms with Crippen LogP contribution in [-0.2, 0) is 4.79 Å². The predicted octanol–water partition coefficient (Wildman–Crippen LogP) is 0.772. The summed E-state index contributed by atoms with van der Waals surface area (Å²) in [5.74, 6) is -4.56. The van der Waals surface area contributed by atoms with Gasteiger partial charge in [0.05, 0.1) is 11.1 Å². The Labute approximate surface area is 124 Å². The number of aromatic carboxylic acids is 2. The molecule has 8 heteroatoms. The molecule has 1 aliphatic heterocycles. The number of carbonyl (C=O) groups excluding carboxylic acids is 1. The van der Waals surface area contributed by atoms with Crippen molar-refractivity contribution in [3.05, 3.63) is 34.9 Å². The zero-order chi connectivity index (χ0) is 16.4. The largest absolute Gasteiger partial charge is 0.480 e. The van der Waals surface area contributed by atoms with Crippen molar-refractivity contribution in [3.63, 3.8) is 0 Å². The van der Waals surface area contributed by atoms with E-state index in [0.717, 1.165) is 23.1 Å². The first-order valence-corrected chi connectivity index (χ1v) is 6.46. The van der Waals surface area contributed by atoms with E-state index >= 15 is 0 Å². The smallest absolute Gasteiger partial charge is 0.335 e. The van der Waals surface area contributed by atoms with Gasteiger partial charge in [-0.2, -0.15) is 0 Å². The molecule has 0 aromatic heterocycles. The normalized spacial score (nSPS) is 17.3. The summed E-state index contributed by atoms with van der Waals surface area (Å²) in [5.41, 5.74) is -0.825. The Hall–Kier alpha value is -2.90. The van der Waals surface area contributed by atoms with Crippen LogP contribution >= 0.6 is 0 Å². The Balaban J connectivity index is 2.42. The highest BCUT2D eigenvalue weighted by Crippen LogP contribution is 2.22. The topological polar surface area (TPSA) is 132 Å². The van der Waals surface area contributed by atoms with Crippen LogP contribution in [0.5, 0.6) is 0 Å². The second kappa shape index (κ2) is 5.84. The summed E-state index contributed by atoms with van der Waals surface area (Å²) in [5, 5.41) is 27.1. The Morgan fingerprint density at radius 3 is 1.86 bits per heavy atom. The first kappa shape index (κ1) is 15.5. The highest BCUT2D eigenvalue weighted by molar-refractivity contribution is 6.02. The van der Waals surface area contributed by atoms with Crippen LogP contribution in [-0.4, -0.2) is 56.6 Å². The maximum Gasteiger partial charge on any atom is 0.335 e. The molecule has 1 unspecified atom stereocenters. The minimum absolute atomic E-state index is 0.148. The second-order valence-corrected chi connectivity index (χ2v) is 4.90. The van der Waals surface area contributed by atoms with Crippen LogP contribution < -0.4 is 0 Å². The SMILES string of the molecule is O=C(O)c1cc(C(=O)O)cc(C(=O)N2CCCC2C(=O)O)c1. The molecule has 1 aliphatic rings. The molecule has 1 heterocycles. The molecular formula is C14H13NO7. The molecule has 8 nitrogen and oxygen atoms in total. The van der Waals surface area contributed by atoms with E-state index in [9.17, 15) is 19.2 Å². The van der Waals surface area contributed by atoms with Gasteiger partial charge in [0.1, 0.15) is 6.04 Å². The first-order chi connectivity index (χ1) is 10.3. The number of hydrogen-bond donors (Lipinski definition) is 3. The number of aliphatic carboxylic acids is 1. The molecule has 0 bridgehead atoms. The van der Waals surface area contributed by atoms with E-state index in [1.165, 1.54) is 0 Å². The van der Waals surface area contributed by atoms with Crippen LogP contribution in [0.15, 0.2) is 18.2 Å². The monoisotopic (exact) mass is 307 g/mol. The van der Waals surface area contributed by atoms with Gasteiger partial charge in [0.25, 0.3) is 5.91 Å². The molecule has 0 spiro atoms. The van der Waals surface area contributed by atoms with Gasteiger partial charge in [-0.25, -0.2) is 14.4 Å². The fourth-order valence-electron chi connectivity index (χ4n) is 2.43. The van der Waals surface area contributed by atoms with Gasteiger partial charge in [-0.15, -0.1) is 0 Å². The van der Waals surface area contributed by atoms with Gasteiger partial charge in [0.15, 0.2) is 0 Å². The molecule has 1 amide bonds. The van der Waals surface area contributed by atoms with Gasteiger partial charge in [-0.05, 0) is 31.0 Å². The second-order valence-electron chi connectivity index (χ2n) is 4.90. The third-order valence-corrected chi connectivity index (χ3v) is 3.47. The number of carbonyl (C=O) groups is 4. The van der Waals surface area contributed by atoms with Crippen LogP contribution in [0, 0.1) is 0 Å². The van der Waals surface area contributed by atoms with E-state index in [1.54, 1.807) is 0 Å². The van der Waals surface area contributed by atoms with E-state index < -0.39 is 29.9 Å². The lowest BCUT2D eigenvalue weighted by Gasteiger charge is -2.21. The number of carboxylic acids is 3. The molecule has 2 rings (SSSR count). The summed E-state index contributed by atoms with van der Waals surface area (Å²) in [7, 11) is 0. The summed E-state index contributed by atoms with van der Waals surface area (Å²) < 4.78 is 0. The lowest BCUT2D eigenvalue weighted by molar-refractivity contribution is -0.141. The van der Waals surface area contributed by atoms with Gasteiger partial charge in [0.2, 0.25) is 0 Å². The maximum atomic E-state index is 12.4. The molecule has 0 radical (unpaired) electrons. The van der Waals surface area contributed by atoms with E-state index in [0.29, 0.717) is 12.8 Å². The van der Waals surface area contributed by atoms with E-state index in [2.05, 4.69) is 0 Å². The molecule has 0 saturated carbocycles. The minimum Gasteiger partial charge on any atom is -0.480 e. The number of rotatable bonds is 4. The third kappa shape index (κ3) is 2.90. The van der Waals surface area contributed by atoms with Crippen LogP contribution in [0.25, 0.3) is 0 Å². The van der Waals surface area contributed by atoms with Crippen molar-refractivity contribution in [3.8, 4) is 0 Å². The molecule has 1 aromatic rings. The molecule has 1 fully saturated rings. The van der Waals surface area contributed by atoms with Crippen LogP contribution in [0.4, 0.5) is 0 Å². The van der Waals surface area contributed by atoms with Gasteiger partial charge in [0, 0.05) is 12.1 Å². The molecule has 22 heavy (non-hydrogen) atoms. The third-order valence-electron chi connectivity index (χ3n) is 3.47. The van der Waals surface area contributed by atoms with Gasteiger partial charge >= 0.3 is 17.9 Å². The van der Waals surface area contributed by atoms with Gasteiger partial charge < -0.3 is 20.2 Å². The molecule has 1 atom stereocenters. The van der Waals surface area contributed by atoms with Gasteiger partial charge in [-0.3, -0.25) is 4.79 Å². The van der Waals surface area contributed by atoms with Crippen molar-refractivity contribution in [2.24, 2.45) is 0 Å². The first-order valence-electron chi connectivity index (χ1n) is 6.46. The zero-order valence-corrected chi connectivity index (χ0v) is 11.4. The Kier molecular flexibility index (Phi) is 4.11. The number of likely N-dealkylation sites (tertiary alicyclic amines) is 1. The van der Waals surface area contributed by atoms with E-state index in [-0.39, 0.29) is 23.2 Å². The van der Waals surface area contributed by atoms with Crippen LogP contribution in [0.2, 0.25) is 0 Å². The number of benzene rings is 1. The standard InChI is InChI=1S/C14H13NO7/c16-11(15-3-1-2-10(15)14(21)22)7-4-8(12(17)18)6-9(5-7)13(19)20/h4-6,10H,1-3H2,(H,17,18)(H,19,20)(H,21,22). The number of nitrogens with zero attached hydrogens (tertiary/aromatic N) is 1. The number of hydrogen-bond acceptors (Lipinski definition) is 4. The maximum absolute atomic E-state index is 12.4. The number of amides is 1. The van der Waals surface area contributed by atoms with Crippen LogP contribution in [0.3, 0.4) is 0 Å². The number of carboxylic acid groups (broad SMARTS) is 3. The highest BCUT2D eigenvalue weighted by atomic mass is 16.4. The Morgan fingerprint density at radius 2 is 1.41 bits per heavy atom. The summed E-state index contributed by atoms with van der Waals surface area (Å²) in [4.78, 5) is 46.7. The average Bonchev–Trinajstić information content (AvgIpc) is 2.95. The van der Waals surface area contributed by atoms with Crippen molar-refractivity contribution in [2.45, 2.75) is 18.9 Å². The van der Waals surface area contributed by atoms with Crippen molar-refractivity contribution >= 4 is 23.8 Å². The van der Waals surface area contributed by atoms with Crippen molar-refractivity contribution < 1.29 is 34.5 Å². The summed E-state index contributed by atoms with van der Waals surface area (Å²) >= 11 is 0. The molecule has 3 N–H and O–H groups in total. The van der Waals surface area contributed by atoms with Crippen molar-refractivity contribution in [1.29, 1.82) is 0 Å². The fraction of sp³-hybridized carbons (Fsp3) is 0.286. The van der Waals surface area contributed by atoms with Crippen LogP contribution in [0.1, 0.15) is 43.9 Å². The molecule has 116 valence electrons. The fourth-order valence-corrected chi connectivity index (χ4v) is 2.43. The zero-order valence-electron chi connectivity index (χ0n) is 11.4. The predicted molar refractivity (Wildman–Crippen MR) is 72.1 cm³/mol. The molecule has 1 aromatic carbocycles. The van der Waals surface area contributed by atoms with Crippen molar-refractivity contribution in [1.82, 2.24) is 4.90 Å². The average molecular weight is 307 g/mol. The lowest BCUT2D eigenvalue weighted by Crippen LogP contribution is -2.40. The molecular weight excluding hydrogens is 294 g/mol. The molecule has 1 saturated heterocycles. The van der Waals surface area contributed by atoms with E-state index in [1.807, 2.05) is 0 Å². The molecule has 0 aliphatic carbocycles. The lowest BCUT2D eigenvalue weighted by atomic mass is 10.0. The summed E-state index contributed by atoms with van der Waals surface area (Å²) in [6, 6.07) is 2.07.